The lowest BCUT2D eigenvalue weighted by Gasteiger charge is -2.27. The Labute approximate surface area is 157 Å². The van der Waals surface area contributed by atoms with E-state index in [1.807, 2.05) is 12.1 Å². The van der Waals surface area contributed by atoms with Gasteiger partial charge in [0.25, 0.3) is 0 Å². The Hall–Kier alpha value is -2.02. The minimum atomic E-state index is 0.264. The van der Waals surface area contributed by atoms with Crippen molar-refractivity contribution in [2.75, 3.05) is 24.6 Å². The fraction of sp³-hybridized carbons (Fsp3) is 0.400. The Balaban J connectivity index is 1.74. The molecule has 1 atom stereocenters. The molecular weight excluding hydrogens is 344 g/mol. The van der Waals surface area contributed by atoms with Crippen molar-refractivity contribution in [2.45, 2.75) is 31.9 Å². The minimum absolute atomic E-state index is 0.264. The molecule has 26 heavy (non-hydrogen) atoms. The first-order chi connectivity index (χ1) is 12.8. The molecule has 2 aromatic heterocycles. The number of fused-ring (bicyclic) bond motifs is 1. The second-order valence-electron chi connectivity index (χ2n) is 6.67. The number of anilines is 1. The van der Waals surface area contributed by atoms with Gasteiger partial charge in [-0.2, -0.15) is 11.3 Å². The van der Waals surface area contributed by atoms with Gasteiger partial charge < -0.3 is 15.4 Å². The van der Waals surface area contributed by atoms with E-state index in [4.69, 9.17) is 15.5 Å². The maximum atomic E-state index is 5.91. The third-order valence-corrected chi connectivity index (χ3v) is 5.43. The summed E-state index contributed by atoms with van der Waals surface area (Å²) >= 11 is 1.73. The molecule has 0 spiro atoms. The average molecular weight is 369 g/mol. The number of thiophene rings is 1. The highest BCUT2D eigenvalue weighted by molar-refractivity contribution is 7.07. The Bertz CT molecular complexity index is 846. The summed E-state index contributed by atoms with van der Waals surface area (Å²) in [6, 6.07) is 10.4. The van der Waals surface area contributed by atoms with Crippen molar-refractivity contribution in [3.8, 4) is 0 Å². The van der Waals surface area contributed by atoms with Gasteiger partial charge in [-0.25, -0.2) is 9.97 Å². The average Bonchev–Trinajstić information content (AvgIpc) is 3.35. The smallest absolute Gasteiger partial charge is 0.140 e. The van der Waals surface area contributed by atoms with Gasteiger partial charge in [0, 0.05) is 31.5 Å². The van der Waals surface area contributed by atoms with Crippen molar-refractivity contribution in [1.29, 1.82) is 0 Å². The summed E-state index contributed by atoms with van der Waals surface area (Å²) in [5, 5.41) is 5.41. The van der Waals surface area contributed by atoms with Crippen LogP contribution in [0.3, 0.4) is 0 Å². The van der Waals surface area contributed by atoms with Crippen LogP contribution in [0.15, 0.2) is 41.1 Å². The van der Waals surface area contributed by atoms with Crippen molar-refractivity contribution in [1.82, 2.24) is 9.97 Å². The topological polar surface area (TPSA) is 64.3 Å². The quantitative estimate of drug-likeness (QED) is 0.693. The Morgan fingerprint density at radius 2 is 2.15 bits per heavy atom. The van der Waals surface area contributed by atoms with Crippen LogP contribution in [-0.4, -0.2) is 35.8 Å². The van der Waals surface area contributed by atoms with E-state index >= 15 is 0 Å². The molecule has 1 saturated heterocycles. The van der Waals surface area contributed by atoms with Gasteiger partial charge in [-0.1, -0.05) is 12.1 Å². The summed E-state index contributed by atoms with van der Waals surface area (Å²) in [6.07, 6.45) is 3.20. The fourth-order valence-corrected chi connectivity index (χ4v) is 4.11. The van der Waals surface area contributed by atoms with Crippen molar-refractivity contribution >= 4 is 28.1 Å². The summed E-state index contributed by atoms with van der Waals surface area (Å²) in [5.41, 5.74) is 8.04. The SMILES string of the molecule is NCCc1nc(N(Cc2ccsc2)C[C@H]2CCCO2)c2ccccc2n1. The van der Waals surface area contributed by atoms with Crippen LogP contribution in [0.5, 0.6) is 0 Å². The first-order valence-electron chi connectivity index (χ1n) is 9.17. The molecule has 0 radical (unpaired) electrons. The first-order valence-corrected chi connectivity index (χ1v) is 10.1. The van der Waals surface area contributed by atoms with E-state index in [0.29, 0.717) is 13.0 Å². The zero-order chi connectivity index (χ0) is 17.8. The first kappa shape index (κ1) is 17.4. The number of hydrogen-bond acceptors (Lipinski definition) is 6. The van der Waals surface area contributed by atoms with Gasteiger partial charge in [0.2, 0.25) is 0 Å². The molecule has 4 rings (SSSR count). The van der Waals surface area contributed by atoms with Crippen LogP contribution in [0, 0.1) is 0 Å². The minimum Gasteiger partial charge on any atom is -0.376 e. The molecule has 5 nitrogen and oxygen atoms in total. The number of nitrogens with two attached hydrogens (primary N) is 1. The second-order valence-corrected chi connectivity index (χ2v) is 7.45. The molecule has 6 heteroatoms. The van der Waals surface area contributed by atoms with Crippen molar-refractivity contribution in [3.05, 3.63) is 52.5 Å². The molecule has 3 heterocycles. The Morgan fingerprint density at radius 1 is 1.23 bits per heavy atom. The van der Waals surface area contributed by atoms with Crippen molar-refractivity contribution in [3.63, 3.8) is 0 Å². The van der Waals surface area contributed by atoms with Gasteiger partial charge in [-0.05, 0) is 53.9 Å². The summed E-state index contributed by atoms with van der Waals surface area (Å²) in [4.78, 5) is 11.9. The number of hydrogen-bond donors (Lipinski definition) is 1. The lowest BCUT2D eigenvalue weighted by Crippen LogP contribution is -2.33. The molecule has 1 fully saturated rings. The van der Waals surface area contributed by atoms with Gasteiger partial charge in [0.15, 0.2) is 0 Å². The summed E-state index contributed by atoms with van der Waals surface area (Å²) in [6.45, 7) is 3.08. The molecular formula is C20H24N4OS. The van der Waals surface area contributed by atoms with E-state index in [2.05, 4.69) is 38.8 Å². The van der Waals surface area contributed by atoms with Gasteiger partial charge in [0.1, 0.15) is 11.6 Å². The largest absolute Gasteiger partial charge is 0.376 e. The van der Waals surface area contributed by atoms with Gasteiger partial charge in [-0.15, -0.1) is 0 Å². The van der Waals surface area contributed by atoms with Crippen LogP contribution < -0.4 is 10.6 Å². The van der Waals surface area contributed by atoms with E-state index in [9.17, 15) is 0 Å². The second kappa shape index (κ2) is 8.12. The molecule has 0 saturated carbocycles. The molecule has 3 aromatic rings. The van der Waals surface area contributed by atoms with Crippen LogP contribution in [0.1, 0.15) is 24.2 Å². The normalized spacial score (nSPS) is 17.0. The van der Waals surface area contributed by atoms with E-state index < -0.39 is 0 Å². The van der Waals surface area contributed by atoms with Crippen LogP contribution in [-0.2, 0) is 17.7 Å². The maximum Gasteiger partial charge on any atom is 0.140 e. The van der Waals surface area contributed by atoms with Crippen LogP contribution in [0.4, 0.5) is 5.82 Å². The summed E-state index contributed by atoms with van der Waals surface area (Å²) in [5.74, 6) is 1.80. The number of nitrogens with zero attached hydrogens (tertiary/aromatic N) is 3. The maximum absolute atomic E-state index is 5.91. The molecule has 1 aliphatic rings. The molecule has 0 bridgehead atoms. The summed E-state index contributed by atoms with van der Waals surface area (Å²) in [7, 11) is 0. The third kappa shape index (κ3) is 3.87. The monoisotopic (exact) mass is 368 g/mol. The lowest BCUT2D eigenvalue weighted by atomic mass is 10.1. The number of rotatable bonds is 7. The van der Waals surface area contributed by atoms with Crippen molar-refractivity contribution < 1.29 is 4.74 Å². The Morgan fingerprint density at radius 3 is 2.92 bits per heavy atom. The number of aromatic nitrogens is 2. The highest BCUT2D eigenvalue weighted by Gasteiger charge is 2.22. The molecule has 0 aliphatic carbocycles. The zero-order valence-electron chi connectivity index (χ0n) is 14.8. The lowest BCUT2D eigenvalue weighted by molar-refractivity contribution is 0.115. The summed E-state index contributed by atoms with van der Waals surface area (Å²) < 4.78 is 5.91. The molecule has 136 valence electrons. The highest BCUT2D eigenvalue weighted by atomic mass is 32.1. The molecule has 1 aliphatic heterocycles. The predicted octanol–water partition coefficient (Wildman–Crippen LogP) is 3.38. The predicted molar refractivity (Wildman–Crippen MR) is 107 cm³/mol. The molecule has 0 amide bonds. The van der Waals surface area contributed by atoms with Crippen molar-refractivity contribution in [2.24, 2.45) is 5.73 Å². The fourth-order valence-electron chi connectivity index (χ4n) is 3.45. The highest BCUT2D eigenvalue weighted by Crippen LogP contribution is 2.27. The standard InChI is InChI=1S/C20H24N4OS/c21-9-7-19-22-18-6-2-1-5-17(18)20(23-19)24(12-15-8-11-26-14-15)13-16-4-3-10-25-16/h1-2,5-6,8,11,14,16H,3-4,7,9-10,12-13,21H2/t16-/m1/s1. The van der Waals surface area contributed by atoms with Gasteiger partial charge in [-0.3, -0.25) is 0 Å². The van der Waals surface area contributed by atoms with E-state index in [1.165, 1.54) is 5.56 Å². The third-order valence-electron chi connectivity index (χ3n) is 4.70. The number of para-hydroxylation sites is 1. The zero-order valence-corrected chi connectivity index (χ0v) is 15.6. The van der Waals surface area contributed by atoms with Crippen LogP contribution >= 0.6 is 11.3 Å². The van der Waals surface area contributed by atoms with E-state index in [0.717, 1.165) is 55.1 Å². The van der Waals surface area contributed by atoms with E-state index in [1.54, 1.807) is 11.3 Å². The molecule has 0 unspecified atom stereocenters. The molecule has 2 N–H and O–H groups in total. The number of ether oxygens (including phenoxy) is 1. The van der Waals surface area contributed by atoms with Gasteiger partial charge in [0.05, 0.1) is 11.6 Å². The Kier molecular flexibility index (Phi) is 5.43. The van der Waals surface area contributed by atoms with Crippen LogP contribution in [0.2, 0.25) is 0 Å². The number of benzene rings is 1. The molecule has 1 aromatic carbocycles. The van der Waals surface area contributed by atoms with Gasteiger partial charge >= 0.3 is 0 Å². The van der Waals surface area contributed by atoms with E-state index in [-0.39, 0.29) is 6.10 Å². The van der Waals surface area contributed by atoms with Crippen LogP contribution in [0.25, 0.3) is 10.9 Å².